The van der Waals surface area contributed by atoms with Crippen LogP contribution in [0, 0.1) is 0 Å². The molecule has 0 aliphatic carbocycles. The van der Waals surface area contributed by atoms with Crippen molar-refractivity contribution in [2.75, 3.05) is 13.1 Å². The normalized spacial score (nSPS) is 21.8. The van der Waals surface area contributed by atoms with Crippen LogP contribution in [0.15, 0.2) is 24.4 Å². The highest BCUT2D eigenvalue weighted by Gasteiger charge is 2.30. The Hall–Kier alpha value is -2.44. The van der Waals surface area contributed by atoms with Gasteiger partial charge < -0.3 is 15.5 Å². The van der Waals surface area contributed by atoms with E-state index in [2.05, 4.69) is 15.6 Å². The average Bonchev–Trinajstić information content (AvgIpc) is 3.02. The third-order valence-electron chi connectivity index (χ3n) is 4.32. The molecule has 2 saturated heterocycles. The number of carbonyl (C=O) groups is 3. The first-order valence-electron chi connectivity index (χ1n) is 7.93. The summed E-state index contributed by atoms with van der Waals surface area (Å²) in [5.41, 5.74) is 0.448. The van der Waals surface area contributed by atoms with Crippen molar-refractivity contribution in [1.29, 1.82) is 0 Å². The van der Waals surface area contributed by atoms with Gasteiger partial charge in [0.25, 0.3) is 5.91 Å². The zero-order valence-corrected chi connectivity index (χ0v) is 12.8. The summed E-state index contributed by atoms with van der Waals surface area (Å²) in [5, 5.41) is 5.64. The first-order chi connectivity index (χ1) is 11.1. The van der Waals surface area contributed by atoms with Crippen LogP contribution in [0.1, 0.15) is 36.2 Å². The van der Waals surface area contributed by atoms with E-state index in [-0.39, 0.29) is 23.8 Å². The molecule has 1 aromatic rings. The number of hydrogen-bond acceptors (Lipinski definition) is 4. The molecular weight excluding hydrogens is 296 g/mol. The van der Waals surface area contributed by atoms with Gasteiger partial charge in [-0.05, 0) is 31.4 Å². The Morgan fingerprint density at radius 2 is 2.00 bits per heavy atom. The Labute approximate surface area is 134 Å². The van der Waals surface area contributed by atoms with Gasteiger partial charge in [-0.15, -0.1) is 0 Å². The molecule has 0 bridgehead atoms. The number of rotatable bonds is 3. The molecular formula is C16H20N4O3. The molecule has 0 aromatic carbocycles. The van der Waals surface area contributed by atoms with Crippen LogP contribution < -0.4 is 10.6 Å². The number of amides is 3. The van der Waals surface area contributed by atoms with Gasteiger partial charge in [0.1, 0.15) is 11.7 Å². The lowest BCUT2D eigenvalue weighted by Gasteiger charge is -2.32. The highest BCUT2D eigenvalue weighted by atomic mass is 16.2. The van der Waals surface area contributed by atoms with Gasteiger partial charge in [-0.2, -0.15) is 0 Å². The summed E-state index contributed by atoms with van der Waals surface area (Å²) in [6, 6.07) is 4.92. The highest BCUT2D eigenvalue weighted by Crippen LogP contribution is 2.14. The van der Waals surface area contributed by atoms with Crippen molar-refractivity contribution in [2.45, 2.75) is 37.8 Å². The van der Waals surface area contributed by atoms with E-state index in [4.69, 9.17) is 0 Å². The number of aromatic nitrogens is 1. The summed E-state index contributed by atoms with van der Waals surface area (Å²) in [6.45, 7) is 1.19. The predicted molar refractivity (Wildman–Crippen MR) is 82.5 cm³/mol. The van der Waals surface area contributed by atoms with E-state index in [1.54, 1.807) is 29.3 Å². The molecule has 3 heterocycles. The van der Waals surface area contributed by atoms with Crippen LogP contribution in [0.5, 0.6) is 0 Å². The van der Waals surface area contributed by atoms with E-state index in [1.807, 2.05) is 0 Å². The fourth-order valence-corrected chi connectivity index (χ4v) is 2.99. The maximum absolute atomic E-state index is 12.3. The van der Waals surface area contributed by atoms with E-state index in [0.717, 1.165) is 0 Å². The van der Waals surface area contributed by atoms with Gasteiger partial charge in [0.15, 0.2) is 0 Å². The average molecular weight is 316 g/mol. The second kappa shape index (κ2) is 6.76. The Bertz CT molecular complexity index is 597. The second-order valence-electron chi connectivity index (χ2n) is 5.95. The summed E-state index contributed by atoms with van der Waals surface area (Å²) < 4.78 is 0. The molecule has 3 amide bonds. The van der Waals surface area contributed by atoms with Gasteiger partial charge >= 0.3 is 0 Å². The predicted octanol–water partition coefficient (Wildman–Crippen LogP) is 0.0810. The lowest BCUT2D eigenvalue weighted by molar-refractivity contribution is -0.126. The van der Waals surface area contributed by atoms with E-state index in [0.29, 0.717) is 44.5 Å². The molecule has 7 nitrogen and oxygen atoms in total. The molecule has 2 aliphatic heterocycles. The van der Waals surface area contributed by atoms with Crippen molar-refractivity contribution < 1.29 is 14.4 Å². The lowest BCUT2D eigenvalue weighted by Crippen LogP contribution is -2.50. The topological polar surface area (TPSA) is 91.4 Å². The van der Waals surface area contributed by atoms with Crippen molar-refractivity contribution >= 4 is 17.7 Å². The van der Waals surface area contributed by atoms with Crippen LogP contribution >= 0.6 is 0 Å². The standard InChI is InChI=1S/C16H20N4O3/c21-14-5-4-12(19-14)15(22)18-11-6-9-20(10-7-11)16(23)13-3-1-2-8-17-13/h1-3,8,11-12H,4-7,9-10H2,(H,18,22)(H,19,21). The highest BCUT2D eigenvalue weighted by molar-refractivity contribution is 5.92. The van der Waals surface area contributed by atoms with Gasteiger partial charge in [-0.25, -0.2) is 0 Å². The SMILES string of the molecule is O=C1CCC(C(=O)NC2CCN(C(=O)c3ccccn3)CC2)N1. The molecule has 1 atom stereocenters. The maximum Gasteiger partial charge on any atom is 0.272 e. The van der Waals surface area contributed by atoms with Crippen molar-refractivity contribution in [1.82, 2.24) is 20.5 Å². The maximum atomic E-state index is 12.3. The van der Waals surface area contributed by atoms with E-state index >= 15 is 0 Å². The molecule has 0 spiro atoms. The first kappa shape index (κ1) is 15.5. The van der Waals surface area contributed by atoms with Crippen molar-refractivity contribution in [3.8, 4) is 0 Å². The number of likely N-dealkylation sites (tertiary alicyclic amines) is 1. The van der Waals surface area contributed by atoms with E-state index in [9.17, 15) is 14.4 Å². The molecule has 1 aromatic heterocycles. The van der Waals surface area contributed by atoms with Crippen LogP contribution in [0.3, 0.4) is 0 Å². The van der Waals surface area contributed by atoms with Gasteiger partial charge in [-0.1, -0.05) is 6.07 Å². The van der Waals surface area contributed by atoms with E-state index < -0.39 is 6.04 Å². The van der Waals surface area contributed by atoms with Gasteiger partial charge in [-0.3, -0.25) is 19.4 Å². The summed E-state index contributed by atoms with van der Waals surface area (Å²) in [6.07, 6.45) is 4.00. The van der Waals surface area contributed by atoms with Crippen LogP contribution in [-0.2, 0) is 9.59 Å². The molecule has 0 radical (unpaired) electrons. The minimum atomic E-state index is -0.407. The van der Waals surface area contributed by atoms with E-state index in [1.165, 1.54) is 0 Å². The molecule has 23 heavy (non-hydrogen) atoms. The molecule has 3 rings (SSSR count). The Balaban J connectivity index is 1.48. The zero-order valence-electron chi connectivity index (χ0n) is 12.8. The van der Waals surface area contributed by atoms with Crippen LogP contribution in [0.4, 0.5) is 0 Å². The summed E-state index contributed by atoms with van der Waals surface area (Å²) in [4.78, 5) is 41.4. The molecule has 0 saturated carbocycles. The van der Waals surface area contributed by atoms with Crippen molar-refractivity contribution in [3.63, 3.8) is 0 Å². The molecule has 7 heteroatoms. The van der Waals surface area contributed by atoms with Gasteiger partial charge in [0.05, 0.1) is 0 Å². The molecule has 2 aliphatic rings. The summed E-state index contributed by atoms with van der Waals surface area (Å²) >= 11 is 0. The Morgan fingerprint density at radius 1 is 1.22 bits per heavy atom. The van der Waals surface area contributed by atoms with Gasteiger partial charge in [0, 0.05) is 31.7 Å². The number of piperidine rings is 1. The first-order valence-corrected chi connectivity index (χ1v) is 7.93. The minimum absolute atomic E-state index is 0.0489. The Kier molecular flexibility index (Phi) is 4.55. The number of carbonyl (C=O) groups excluding carboxylic acids is 3. The second-order valence-corrected chi connectivity index (χ2v) is 5.95. The number of hydrogen-bond donors (Lipinski definition) is 2. The number of nitrogens with one attached hydrogen (secondary N) is 2. The molecule has 2 fully saturated rings. The molecule has 1 unspecified atom stereocenters. The van der Waals surface area contributed by atoms with Crippen LogP contribution in [-0.4, -0.2) is 52.8 Å². The molecule has 122 valence electrons. The third kappa shape index (κ3) is 3.67. The Morgan fingerprint density at radius 3 is 2.61 bits per heavy atom. The zero-order chi connectivity index (χ0) is 16.2. The fraction of sp³-hybridized carbons (Fsp3) is 0.500. The quantitative estimate of drug-likeness (QED) is 0.826. The largest absolute Gasteiger partial charge is 0.351 e. The summed E-state index contributed by atoms with van der Waals surface area (Å²) in [7, 11) is 0. The fourth-order valence-electron chi connectivity index (χ4n) is 2.99. The van der Waals surface area contributed by atoms with Crippen LogP contribution in [0.2, 0.25) is 0 Å². The number of pyridine rings is 1. The number of nitrogens with zero attached hydrogens (tertiary/aromatic N) is 2. The van der Waals surface area contributed by atoms with Crippen molar-refractivity contribution in [3.05, 3.63) is 30.1 Å². The summed E-state index contributed by atoms with van der Waals surface area (Å²) in [5.74, 6) is -0.260. The monoisotopic (exact) mass is 316 g/mol. The van der Waals surface area contributed by atoms with Crippen LogP contribution in [0.25, 0.3) is 0 Å². The molecule has 2 N–H and O–H groups in total. The lowest BCUT2D eigenvalue weighted by atomic mass is 10.0. The van der Waals surface area contributed by atoms with Gasteiger partial charge in [0.2, 0.25) is 11.8 Å². The third-order valence-corrected chi connectivity index (χ3v) is 4.32. The smallest absolute Gasteiger partial charge is 0.272 e. The van der Waals surface area contributed by atoms with Crippen molar-refractivity contribution in [2.24, 2.45) is 0 Å². The minimum Gasteiger partial charge on any atom is -0.351 e.